The molecule has 0 unspecified atom stereocenters. The Labute approximate surface area is 536 Å². The molecule has 2 aliphatic heterocycles. The Kier molecular flexibility index (Phi) is 23.2. The third kappa shape index (κ3) is 16.9. The second kappa shape index (κ2) is 31.1. The molecule has 2 saturated heterocycles. The van der Waals surface area contributed by atoms with E-state index in [1.165, 1.54) is 54.0 Å². The van der Waals surface area contributed by atoms with Gasteiger partial charge in [0.2, 0.25) is 0 Å². The number of Topliss-reactive ketones (excluding diaryl/α,β-unsaturated/α-hetero) is 2. The highest BCUT2D eigenvalue weighted by Crippen LogP contribution is 2.31. The van der Waals surface area contributed by atoms with E-state index in [0.29, 0.717) is 36.9 Å². The van der Waals surface area contributed by atoms with E-state index < -0.39 is 44.2 Å². The Hall–Kier alpha value is -9.08. The van der Waals surface area contributed by atoms with Gasteiger partial charge in [-0.25, -0.2) is 63.9 Å². The average Bonchev–Trinajstić information content (AvgIpc) is 1.72. The van der Waals surface area contributed by atoms with E-state index in [1.807, 2.05) is 81.4 Å². The van der Waals surface area contributed by atoms with Crippen molar-refractivity contribution in [3.8, 4) is 0 Å². The number of amides is 4. The van der Waals surface area contributed by atoms with Crippen molar-refractivity contribution < 1.29 is 64.6 Å². The topological polar surface area (TPSA) is 291 Å². The summed E-state index contributed by atoms with van der Waals surface area (Å²) in [5.41, 5.74) is 4.50. The van der Waals surface area contributed by atoms with Crippen LogP contribution in [-0.4, -0.2) is 142 Å². The zero-order valence-electron chi connectivity index (χ0n) is 51.1. The van der Waals surface area contributed by atoms with Gasteiger partial charge in [-0.15, -0.1) is 0 Å². The van der Waals surface area contributed by atoms with Crippen LogP contribution in [0.5, 0.6) is 0 Å². The van der Waals surface area contributed by atoms with Gasteiger partial charge >= 0.3 is 24.4 Å². The van der Waals surface area contributed by atoms with Crippen LogP contribution in [0.25, 0.3) is 22.3 Å². The number of ketones is 2. The van der Waals surface area contributed by atoms with E-state index in [1.54, 1.807) is 55.1 Å². The third-order valence-electron chi connectivity index (χ3n) is 15.3. The van der Waals surface area contributed by atoms with Crippen LogP contribution in [0.4, 0.5) is 30.8 Å². The number of anilines is 2. The van der Waals surface area contributed by atoms with Crippen molar-refractivity contribution in [2.75, 3.05) is 61.5 Å². The SMILES string of the molecule is CCOC(=O)N(CC(=O)[C@H]1CN(C(=O)OCc2ccccc2)C[C@H]1CC)c1cnc2c(ccn2S(=O)(=O)c2ccc(C)cc2)n1.CCOC(=O)Nc1cnc2c(ccn2S(=O)(=O)c2ccc(C)cc2)n1.CC[C@@H]1CN(C(=O)OCc2ccccc2)C[C@@H]1C(=O)CBr. The van der Waals surface area contributed by atoms with E-state index in [2.05, 4.69) is 48.1 Å². The van der Waals surface area contributed by atoms with Crippen LogP contribution in [0, 0.1) is 37.5 Å². The molecular weight excluding hydrogens is 1280 g/mol. The van der Waals surface area contributed by atoms with Gasteiger partial charge in [-0.05, 0) is 87.1 Å². The van der Waals surface area contributed by atoms with Gasteiger partial charge in [0.15, 0.2) is 28.7 Å². The van der Waals surface area contributed by atoms with Gasteiger partial charge < -0.3 is 28.7 Å². The summed E-state index contributed by atoms with van der Waals surface area (Å²) in [5, 5.41) is 2.78. The van der Waals surface area contributed by atoms with Crippen molar-refractivity contribution in [3.05, 3.63) is 168 Å². The molecule has 2 aliphatic rings. The lowest BCUT2D eigenvalue weighted by atomic mass is 9.90. The zero-order chi connectivity index (χ0) is 65.4. The highest BCUT2D eigenvalue weighted by molar-refractivity contribution is 9.09. The monoisotopic (exact) mass is 1350 g/mol. The van der Waals surface area contributed by atoms with Crippen LogP contribution in [0.3, 0.4) is 0 Å². The fraction of sp³-hybridized carbons (Fsp3) is 0.344. The molecule has 0 aliphatic carbocycles. The first-order valence-electron chi connectivity index (χ1n) is 29.4. The van der Waals surface area contributed by atoms with Gasteiger partial charge in [0, 0.05) is 50.4 Å². The first-order chi connectivity index (χ1) is 43.7. The number of carbonyl (C=O) groups is 6. The number of fused-ring (bicyclic) bond motifs is 2. The number of likely N-dealkylation sites (tertiary alicyclic amines) is 2. The predicted octanol–water partition coefficient (Wildman–Crippen LogP) is 10.6. The molecule has 24 nitrogen and oxygen atoms in total. The highest BCUT2D eigenvalue weighted by atomic mass is 79.9. The van der Waals surface area contributed by atoms with Crippen molar-refractivity contribution in [1.82, 2.24) is 37.7 Å². The molecule has 1 N–H and O–H groups in total. The summed E-state index contributed by atoms with van der Waals surface area (Å²) >= 11 is 3.22. The third-order valence-corrected chi connectivity index (χ3v) is 19.2. The second-order valence-electron chi connectivity index (χ2n) is 21.4. The maximum absolute atomic E-state index is 13.7. The van der Waals surface area contributed by atoms with E-state index in [-0.39, 0.29) is 113 Å². The van der Waals surface area contributed by atoms with E-state index >= 15 is 0 Å². The zero-order valence-corrected chi connectivity index (χ0v) is 54.3. The van der Waals surface area contributed by atoms with Gasteiger partial charge in [-0.2, -0.15) is 0 Å². The lowest BCUT2D eigenvalue weighted by molar-refractivity contribution is -0.122. The van der Waals surface area contributed by atoms with Gasteiger partial charge in [-0.3, -0.25) is 19.8 Å². The minimum atomic E-state index is -3.96. The van der Waals surface area contributed by atoms with E-state index in [4.69, 9.17) is 18.9 Å². The molecule has 10 rings (SSSR count). The van der Waals surface area contributed by atoms with Crippen molar-refractivity contribution in [1.29, 1.82) is 0 Å². The van der Waals surface area contributed by atoms with Crippen LogP contribution < -0.4 is 10.2 Å². The molecule has 91 heavy (non-hydrogen) atoms. The molecular formula is C64H71BrN10O14S2. The number of hydrogen-bond acceptors (Lipinski definition) is 18. The average molecular weight is 1350 g/mol. The summed E-state index contributed by atoms with van der Waals surface area (Å²) in [5.74, 6) is -0.386. The van der Waals surface area contributed by atoms with Crippen LogP contribution >= 0.6 is 15.9 Å². The summed E-state index contributed by atoms with van der Waals surface area (Å²) in [6.07, 6.45) is 4.51. The number of carbonyl (C=O) groups excluding carboxylic acids is 6. The molecule has 480 valence electrons. The number of alkyl halides is 1. The minimum absolute atomic E-state index is 0.0324. The Bertz CT molecular complexity index is 4080. The Balaban J connectivity index is 0.000000195. The minimum Gasteiger partial charge on any atom is -0.450 e. The van der Waals surface area contributed by atoms with Crippen LogP contribution in [-0.2, 0) is 61.8 Å². The molecule has 27 heteroatoms. The molecule has 6 heterocycles. The molecule has 2 fully saturated rings. The van der Waals surface area contributed by atoms with Crippen LogP contribution in [0.2, 0.25) is 0 Å². The van der Waals surface area contributed by atoms with Crippen molar-refractivity contribution >= 4 is 106 Å². The van der Waals surface area contributed by atoms with E-state index in [0.717, 1.165) is 41.5 Å². The number of aryl methyl sites for hydroxylation is 2. The first-order valence-corrected chi connectivity index (χ1v) is 33.4. The molecule has 0 saturated carbocycles. The Morgan fingerprint density at radius 1 is 0.560 bits per heavy atom. The van der Waals surface area contributed by atoms with Gasteiger partial charge in [0.1, 0.15) is 30.0 Å². The molecule has 0 spiro atoms. The van der Waals surface area contributed by atoms with Crippen LogP contribution in [0.1, 0.15) is 62.8 Å². The van der Waals surface area contributed by atoms with E-state index in [9.17, 15) is 45.6 Å². The summed E-state index contributed by atoms with van der Waals surface area (Å²) < 4.78 is 75.0. The Morgan fingerprint density at radius 3 is 1.46 bits per heavy atom. The summed E-state index contributed by atoms with van der Waals surface area (Å²) in [4.78, 5) is 96.6. The lowest BCUT2D eigenvalue weighted by Crippen LogP contribution is -2.41. The molecule has 8 aromatic rings. The number of rotatable bonds is 19. The smallest absolute Gasteiger partial charge is 0.415 e. The number of nitrogens with zero attached hydrogens (tertiary/aromatic N) is 9. The maximum atomic E-state index is 13.7. The highest BCUT2D eigenvalue weighted by Gasteiger charge is 2.41. The van der Waals surface area contributed by atoms with Crippen molar-refractivity contribution in [3.63, 3.8) is 0 Å². The molecule has 4 aromatic carbocycles. The molecule has 4 atom stereocenters. The molecule has 0 radical (unpaired) electrons. The summed E-state index contributed by atoms with van der Waals surface area (Å²) in [7, 11) is -7.74. The van der Waals surface area contributed by atoms with Gasteiger partial charge in [0.05, 0.1) is 47.3 Å². The van der Waals surface area contributed by atoms with Gasteiger partial charge in [0.25, 0.3) is 20.0 Å². The second-order valence-corrected chi connectivity index (χ2v) is 25.6. The quantitative estimate of drug-likeness (QED) is 0.0581. The van der Waals surface area contributed by atoms with Crippen molar-refractivity contribution in [2.45, 2.75) is 77.4 Å². The fourth-order valence-electron chi connectivity index (χ4n) is 10.3. The lowest BCUT2D eigenvalue weighted by Gasteiger charge is -2.23. The number of halogens is 1. The van der Waals surface area contributed by atoms with Gasteiger partial charge in [-0.1, -0.05) is 139 Å². The predicted molar refractivity (Wildman–Crippen MR) is 342 cm³/mol. The maximum Gasteiger partial charge on any atom is 0.415 e. The number of aromatic nitrogens is 6. The molecule has 4 aromatic heterocycles. The number of ether oxygens (including phenoxy) is 4. The normalized spacial score (nSPS) is 16.2. The number of benzene rings is 4. The first kappa shape index (κ1) is 67.8. The summed E-state index contributed by atoms with van der Waals surface area (Å²) in [6.45, 7) is 13.0. The van der Waals surface area contributed by atoms with Crippen LogP contribution in [0.15, 0.2) is 156 Å². The number of nitrogens with one attached hydrogen (secondary N) is 1. The standard InChI is InChI=1S/C32H35N5O7S.C16H20BrNO3.C16H16N4O4S/c1-4-24-18-35(31(39)44-21-23-9-7-6-8-10-23)19-26(24)28(38)20-36(32(40)43-5-2)29-17-33-30-27(34-29)15-16-37(30)45(41,42)25-13-11-22(3)12-14-25;1-2-13-9-18(10-14(13)15(19)8-17)16(20)21-11-12-6-4-3-5-7-12;1-3-24-16(21)19-14-10-17-15-13(18-14)8-9-20(15)25(22,23)12-6-4-11(2)5-7-12/h6-17,24,26H,4-5,18-21H2,1-3H3;3-7,13-14H,2,8-11H2,1H3;4-10H,3H2,1-2H3,(H,18,19,21)/t24-,26+;13-,14+;/m11./s1. The Morgan fingerprint density at radius 2 is 1.01 bits per heavy atom. The molecule has 0 bridgehead atoms. The molecule has 4 amide bonds. The van der Waals surface area contributed by atoms with Crippen molar-refractivity contribution in [2.24, 2.45) is 23.7 Å². The summed E-state index contributed by atoms with van der Waals surface area (Å²) in [6, 6.07) is 34.9. The largest absolute Gasteiger partial charge is 0.450 e. The fourth-order valence-corrected chi connectivity index (χ4v) is 13.3. The number of hydrogen-bond donors (Lipinski definition) is 1.